The first-order chi connectivity index (χ1) is 14.7. The van der Waals surface area contributed by atoms with E-state index < -0.39 is 0 Å². The topological polar surface area (TPSA) is 47.5 Å². The quantitative estimate of drug-likeness (QED) is 0.575. The molecular weight excluding hydrogens is 381 g/mol. The summed E-state index contributed by atoms with van der Waals surface area (Å²) < 4.78 is 24.2. The molecule has 1 fully saturated rings. The molecule has 0 saturated carbocycles. The van der Waals surface area contributed by atoms with E-state index in [1.54, 1.807) is 31.6 Å². The van der Waals surface area contributed by atoms with Crippen molar-refractivity contribution < 1.29 is 13.9 Å². The summed E-state index contributed by atoms with van der Waals surface area (Å²) in [5, 5.41) is 0. The Morgan fingerprint density at radius 3 is 2.73 bits per heavy atom. The summed E-state index contributed by atoms with van der Waals surface area (Å²) in [4.78, 5) is 11.8. The first kappa shape index (κ1) is 20.3. The van der Waals surface area contributed by atoms with Crippen molar-refractivity contribution in [3.05, 3.63) is 72.4 Å². The van der Waals surface area contributed by atoms with Gasteiger partial charge in [-0.3, -0.25) is 14.9 Å². The number of hydrogen-bond donors (Lipinski definition) is 0. The van der Waals surface area contributed by atoms with E-state index in [0.717, 1.165) is 55.2 Å². The molecule has 30 heavy (non-hydrogen) atoms. The molecule has 0 spiro atoms. The molecule has 1 aromatic heterocycles. The molecule has 3 aromatic rings. The van der Waals surface area contributed by atoms with Crippen molar-refractivity contribution >= 4 is 0 Å². The first-order valence-corrected chi connectivity index (χ1v) is 10.3. The fraction of sp³-hybridized carbons (Fsp3) is 0.333. The first-order valence-electron chi connectivity index (χ1n) is 10.3. The van der Waals surface area contributed by atoms with Gasteiger partial charge in [0.15, 0.2) is 0 Å². The smallest absolute Gasteiger partial charge is 0.123 e. The van der Waals surface area contributed by atoms with Crippen molar-refractivity contribution in [2.24, 2.45) is 0 Å². The Morgan fingerprint density at radius 2 is 1.90 bits per heavy atom. The van der Waals surface area contributed by atoms with Crippen molar-refractivity contribution in [2.75, 3.05) is 33.4 Å². The van der Waals surface area contributed by atoms with Gasteiger partial charge in [-0.15, -0.1) is 0 Å². The number of halogens is 1. The third-order valence-corrected chi connectivity index (χ3v) is 5.45. The Morgan fingerprint density at radius 1 is 1.07 bits per heavy atom. The molecule has 0 bridgehead atoms. The summed E-state index contributed by atoms with van der Waals surface area (Å²) in [5.74, 6) is 1.57. The van der Waals surface area contributed by atoms with Gasteiger partial charge in [-0.25, -0.2) is 4.39 Å². The van der Waals surface area contributed by atoms with Crippen LogP contribution in [0.25, 0.3) is 11.3 Å². The van der Waals surface area contributed by atoms with Crippen molar-refractivity contribution in [1.82, 2.24) is 14.9 Å². The van der Waals surface area contributed by atoms with Crippen LogP contribution in [-0.4, -0.2) is 48.2 Å². The lowest BCUT2D eigenvalue weighted by atomic mass is 9.91. The maximum Gasteiger partial charge on any atom is 0.123 e. The van der Waals surface area contributed by atoms with Gasteiger partial charge in [0.25, 0.3) is 0 Å². The summed E-state index contributed by atoms with van der Waals surface area (Å²) in [6.07, 6.45) is 5.71. The normalized spacial score (nSPS) is 16.9. The number of ether oxygens (including phenoxy) is 2. The van der Waals surface area contributed by atoms with E-state index in [0.29, 0.717) is 18.3 Å². The Bertz CT molecular complexity index is 965. The van der Waals surface area contributed by atoms with Crippen LogP contribution < -0.4 is 9.47 Å². The maximum absolute atomic E-state index is 13.0. The van der Waals surface area contributed by atoms with E-state index in [1.165, 1.54) is 12.1 Å². The van der Waals surface area contributed by atoms with Crippen LogP contribution in [0.3, 0.4) is 0 Å². The SMILES string of the molecule is COc1cccc(-c2nccnc2[C@H]2CCCN(CCOc3ccc(F)cc3)C2)c1. The molecule has 0 N–H and O–H groups in total. The van der Waals surface area contributed by atoms with Crippen molar-refractivity contribution in [3.63, 3.8) is 0 Å². The molecule has 1 aliphatic heterocycles. The van der Waals surface area contributed by atoms with Crippen LogP contribution >= 0.6 is 0 Å². The van der Waals surface area contributed by atoms with E-state index in [9.17, 15) is 4.39 Å². The van der Waals surface area contributed by atoms with Gasteiger partial charge in [0.05, 0.1) is 18.5 Å². The molecule has 1 saturated heterocycles. The highest BCUT2D eigenvalue weighted by atomic mass is 19.1. The van der Waals surface area contributed by atoms with E-state index in [2.05, 4.69) is 9.88 Å². The van der Waals surface area contributed by atoms with Crippen LogP contribution in [0.15, 0.2) is 60.9 Å². The molecule has 2 aromatic carbocycles. The maximum atomic E-state index is 13.0. The van der Waals surface area contributed by atoms with E-state index in [4.69, 9.17) is 14.5 Å². The Hall–Kier alpha value is -2.99. The van der Waals surface area contributed by atoms with Crippen molar-refractivity contribution in [1.29, 1.82) is 0 Å². The molecule has 1 atom stereocenters. The molecule has 0 aliphatic carbocycles. The molecular formula is C24H26FN3O2. The van der Waals surface area contributed by atoms with Crippen LogP contribution in [0.2, 0.25) is 0 Å². The minimum atomic E-state index is -0.253. The number of aromatic nitrogens is 2. The number of likely N-dealkylation sites (tertiary alicyclic amines) is 1. The summed E-state index contributed by atoms with van der Waals surface area (Å²) >= 11 is 0. The second kappa shape index (κ2) is 9.67. The molecule has 2 heterocycles. The fourth-order valence-corrected chi connectivity index (χ4v) is 3.95. The largest absolute Gasteiger partial charge is 0.497 e. The van der Waals surface area contributed by atoms with Crippen LogP contribution in [0.5, 0.6) is 11.5 Å². The number of benzene rings is 2. The van der Waals surface area contributed by atoms with Crippen LogP contribution in [0, 0.1) is 5.82 Å². The zero-order valence-electron chi connectivity index (χ0n) is 17.1. The number of hydrogen-bond acceptors (Lipinski definition) is 5. The third kappa shape index (κ3) is 4.94. The summed E-state index contributed by atoms with van der Waals surface area (Å²) in [6.45, 7) is 3.35. The Labute approximate surface area is 176 Å². The summed E-state index contributed by atoms with van der Waals surface area (Å²) in [5.41, 5.74) is 2.98. The standard InChI is InChI=1S/C24H26FN3O2/c1-29-22-6-2-4-18(16-22)23-24(27-12-11-26-23)19-5-3-13-28(17-19)14-15-30-21-9-7-20(25)8-10-21/h2,4,6-12,16,19H,3,5,13-15,17H2,1H3/t19-/m0/s1. The molecule has 6 heteroatoms. The third-order valence-electron chi connectivity index (χ3n) is 5.45. The Balaban J connectivity index is 1.42. The monoisotopic (exact) mass is 407 g/mol. The van der Waals surface area contributed by atoms with Gasteiger partial charge in [-0.2, -0.15) is 0 Å². The van der Waals surface area contributed by atoms with Gasteiger partial charge in [0, 0.05) is 37.0 Å². The minimum Gasteiger partial charge on any atom is -0.497 e. The molecule has 0 unspecified atom stereocenters. The van der Waals surface area contributed by atoms with Crippen LogP contribution in [-0.2, 0) is 0 Å². The molecule has 0 radical (unpaired) electrons. The summed E-state index contributed by atoms with van der Waals surface area (Å²) in [6, 6.07) is 14.1. The van der Waals surface area contributed by atoms with Crippen molar-refractivity contribution in [2.45, 2.75) is 18.8 Å². The zero-order valence-corrected chi connectivity index (χ0v) is 17.1. The number of piperidine rings is 1. The zero-order chi connectivity index (χ0) is 20.8. The van der Waals surface area contributed by atoms with E-state index in [1.807, 2.05) is 24.3 Å². The highest BCUT2D eigenvalue weighted by Crippen LogP contribution is 2.32. The van der Waals surface area contributed by atoms with Gasteiger partial charge >= 0.3 is 0 Å². The van der Waals surface area contributed by atoms with E-state index >= 15 is 0 Å². The fourth-order valence-electron chi connectivity index (χ4n) is 3.95. The predicted molar refractivity (Wildman–Crippen MR) is 114 cm³/mol. The number of rotatable bonds is 7. The minimum absolute atomic E-state index is 0.253. The van der Waals surface area contributed by atoms with Crippen molar-refractivity contribution in [3.8, 4) is 22.8 Å². The summed E-state index contributed by atoms with van der Waals surface area (Å²) in [7, 11) is 1.67. The molecule has 156 valence electrons. The highest BCUT2D eigenvalue weighted by Gasteiger charge is 2.25. The highest BCUT2D eigenvalue weighted by molar-refractivity contribution is 5.64. The average Bonchev–Trinajstić information content (AvgIpc) is 2.81. The predicted octanol–water partition coefficient (Wildman–Crippen LogP) is 4.55. The van der Waals surface area contributed by atoms with Gasteiger partial charge in [-0.05, 0) is 55.8 Å². The molecule has 4 rings (SSSR count). The second-order valence-electron chi connectivity index (χ2n) is 7.46. The Kier molecular flexibility index (Phi) is 6.54. The molecule has 0 amide bonds. The molecule has 5 nitrogen and oxygen atoms in total. The number of methoxy groups -OCH3 is 1. The van der Waals surface area contributed by atoms with Gasteiger partial charge in [0.1, 0.15) is 23.9 Å². The van der Waals surface area contributed by atoms with E-state index in [-0.39, 0.29) is 5.82 Å². The molecule has 1 aliphatic rings. The van der Waals surface area contributed by atoms with Crippen LogP contribution in [0.1, 0.15) is 24.5 Å². The lowest BCUT2D eigenvalue weighted by Crippen LogP contribution is -2.37. The van der Waals surface area contributed by atoms with Crippen LogP contribution in [0.4, 0.5) is 4.39 Å². The van der Waals surface area contributed by atoms with Gasteiger partial charge < -0.3 is 9.47 Å². The second-order valence-corrected chi connectivity index (χ2v) is 7.46. The average molecular weight is 407 g/mol. The van der Waals surface area contributed by atoms with Gasteiger partial charge in [0.2, 0.25) is 0 Å². The lowest BCUT2D eigenvalue weighted by molar-refractivity contribution is 0.169. The lowest BCUT2D eigenvalue weighted by Gasteiger charge is -2.32. The number of nitrogens with zero attached hydrogens (tertiary/aromatic N) is 3. The van der Waals surface area contributed by atoms with Gasteiger partial charge in [-0.1, -0.05) is 12.1 Å².